The number of hydrogen-bond acceptors (Lipinski definition) is 5. The van der Waals surface area contributed by atoms with E-state index in [1.165, 1.54) is 16.7 Å². The quantitative estimate of drug-likeness (QED) is 0.690. The van der Waals surface area contributed by atoms with E-state index in [9.17, 15) is 9.59 Å². The third-order valence-corrected chi connectivity index (χ3v) is 5.66. The highest BCUT2D eigenvalue weighted by Crippen LogP contribution is 2.32. The van der Waals surface area contributed by atoms with Crippen molar-refractivity contribution in [2.45, 2.75) is 17.3 Å². The molecule has 142 valence electrons. The van der Waals surface area contributed by atoms with E-state index in [0.29, 0.717) is 16.5 Å². The highest BCUT2D eigenvalue weighted by atomic mass is 32.2. The van der Waals surface area contributed by atoms with Crippen LogP contribution in [0.3, 0.4) is 0 Å². The number of nitrogens with zero attached hydrogens (tertiary/aromatic N) is 4. The normalized spacial score (nSPS) is 14.4. The molecule has 3 aromatic rings. The average molecular weight is 393 g/mol. The molecule has 1 aromatic heterocycles. The van der Waals surface area contributed by atoms with Gasteiger partial charge in [0.25, 0.3) is 0 Å². The number of rotatable bonds is 4. The van der Waals surface area contributed by atoms with Gasteiger partial charge >= 0.3 is 0 Å². The Balaban J connectivity index is 1.55. The third kappa shape index (κ3) is 3.38. The van der Waals surface area contributed by atoms with Crippen molar-refractivity contribution < 1.29 is 9.59 Å². The summed E-state index contributed by atoms with van der Waals surface area (Å²) in [7, 11) is 1.88. The molecular weight excluding hydrogens is 374 g/mol. The largest absolute Gasteiger partial charge is 0.323 e. The second kappa shape index (κ2) is 7.47. The van der Waals surface area contributed by atoms with Crippen LogP contribution in [0.15, 0.2) is 59.8 Å². The second-order valence-corrected chi connectivity index (χ2v) is 7.79. The van der Waals surface area contributed by atoms with Crippen LogP contribution in [-0.4, -0.2) is 38.4 Å². The van der Waals surface area contributed by atoms with Gasteiger partial charge in [-0.1, -0.05) is 54.2 Å². The lowest BCUT2D eigenvalue weighted by Gasteiger charge is -2.30. The summed E-state index contributed by atoms with van der Waals surface area (Å²) >= 11 is 1.33. The number of benzene rings is 2. The first-order valence-electron chi connectivity index (χ1n) is 8.86. The van der Waals surface area contributed by atoms with Crippen molar-refractivity contribution in [3.8, 4) is 11.4 Å². The molecule has 0 saturated heterocycles. The van der Waals surface area contributed by atoms with E-state index in [-0.39, 0.29) is 18.4 Å². The van der Waals surface area contributed by atoms with Gasteiger partial charge in [-0.05, 0) is 19.1 Å². The molecule has 1 aliphatic rings. The van der Waals surface area contributed by atoms with Gasteiger partial charge in [-0.2, -0.15) is 0 Å². The number of carbonyl (C=O) groups excluding carboxylic acids is 2. The maximum Gasteiger partial charge on any atom is 0.244 e. The molecule has 4 rings (SSSR count). The lowest BCUT2D eigenvalue weighted by Crippen LogP contribution is -2.45. The molecule has 0 unspecified atom stereocenters. The second-order valence-electron chi connectivity index (χ2n) is 6.48. The van der Waals surface area contributed by atoms with Gasteiger partial charge < -0.3 is 9.88 Å². The summed E-state index contributed by atoms with van der Waals surface area (Å²) in [6, 6.07) is 17.1. The third-order valence-electron chi connectivity index (χ3n) is 4.53. The molecule has 1 N–H and O–H groups in total. The molecule has 8 heteroatoms. The van der Waals surface area contributed by atoms with E-state index in [0.717, 1.165) is 11.4 Å². The lowest BCUT2D eigenvalue weighted by atomic mass is 10.2. The Kier molecular flexibility index (Phi) is 4.87. The lowest BCUT2D eigenvalue weighted by molar-refractivity contribution is -0.121. The summed E-state index contributed by atoms with van der Waals surface area (Å²) in [6.45, 7) is 1.83. The topological polar surface area (TPSA) is 80.1 Å². The first-order valence-corrected chi connectivity index (χ1v) is 9.74. The molecule has 0 fully saturated rings. The minimum absolute atomic E-state index is 0.00876. The van der Waals surface area contributed by atoms with E-state index in [2.05, 4.69) is 15.5 Å². The molecular formula is C20H19N5O2S. The van der Waals surface area contributed by atoms with Crippen LogP contribution in [0.5, 0.6) is 0 Å². The maximum absolute atomic E-state index is 13.1. The van der Waals surface area contributed by atoms with Crippen LogP contribution in [0, 0.1) is 0 Å². The zero-order valence-electron chi connectivity index (χ0n) is 15.5. The average Bonchev–Trinajstić information content (AvgIpc) is 3.07. The molecule has 0 spiro atoms. The van der Waals surface area contributed by atoms with E-state index in [4.69, 9.17) is 0 Å². The van der Waals surface area contributed by atoms with Gasteiger partial charge in [0.05, 0.1) is 16.6 Å². The van der Waals surface area contributed by atoms with E-state index in [1.54, 1.807) is 6.07 Å². The van der Waals surface area contributed by atoms with Crippen molar-refractivity contribution >= 4 is 35.0 Å². The van der Waals surface area contributed by atoms with Crippen molar-refractivity contribution in [2.24, 2.45) is 7.05 Å². The van der Waals surface area contributed by atoms with Gasteiger partial charge in [0.15, 0.2) is 11.0 Å². The Labute approximate surface area is 166 Å². The van der Waals surface area contributed by atoms with Crippen LogP contribution in [0.2, 0.25) is 0 Å². The monoisotopic (exact) mass is 393 g/mol. The van der Waals surface area contributed by atoms with Gasteiger partial charge in [-0.3, -0.25) is 14.5 Å². The molecule has 7 nitrogen and oxygen atoms in total. The maximum atomic E-state index is 13.1. The molecule has 1 atom stereocenters. The number of nitrogens with one attached hydrogen (secondary N) is 1. The Morgan fingerprint density at radius 3 is 2.61 bits per heavy atom. The van der Waals surface area contributed by atoms with Gasteiger partial charge in [-0.25, -0.2) is 0 Å². The summed E-state index contributed by atoms with van der Waals surface area (Å²) in [5, 5.41) is 11.5. The molecule has 0 radical (unpaired) electrons. The standard InChI is InChI=1S/C20H19N5O2S/c1-13(19(27)25-12-17(26)21-15-10-6-7-11-16(15)25)28-20-23-22-18(24(20)2)14-8-4-3-5-9-14/h3-11,13H,12H2,1-2H3,(H,21,26)/t13-/m0/s1. The minimum Gasteiger partial charge on any atom is -0.323 e. The number of anilines is 2. The molecule has 2 aromatic carbocycles. The van der Waals surface area contributed by atoms with E-state index >= 15 is 0 Å². The molecule has 28 heavy (non-hydrogen) atoms. The Bertz CT molecular complexity index is 1030. The van der Waals surface area contributed by atoms with Crippen molar-refractivity contribution in [3.05, 3.63) is 54.6 Å². The highest BCUT2D eigenvalue weighted by Gasteiger charge is 2.30. The fraction of sp³-hybridized carbons (Fsp3) is 0.200. The molecule has 0 bridgehead atoms. The molecule has 1 aliphatic heterocycles. The predicted molar refractivity (Wildman–Crippen MR) is 109 cm³/mol. The number of para-hydroxylation sites is 2. The zero-order chi connectivity index (χ0) is 19.7. The molecule has 0 aliphatic carbocycles. The van der Waals surface area contributed by atoms with Crippen LogP contribution in [0.25, 0.3) is 11.4 Å². The summed E-state index contributed by atoms with van der Waals surface area (Å²) in [6.07, 6.45) is 0. The van der Waals surface area contributed by atoms with Gasteiger partial charge in [-0.15, -0.1) is 10.2 Å². The zero-order valence-corrected chi connectivity index (χ0v) is 16.3. The van der Waals surface area contributed by atoms with Crippen LogP contribution in [-0.2, 0) is 16.6 Å². The smallest absolute Gasteiger partial charge is 0.244 e. The van der Waals surface area contributed by atoms with Gasteiger partial charge in [0.2, 0.25) is 11.8 Å². The summed E-state index contributed by atoms with van der Waals surface area (Å²) in [5.74, 6) is 0.399. The summed E-state index contributed by atoms with van der Waals surface area (Å²) in [4.78, 5) is 26.6. The van der Waals surface area contributed by atoms with Crippen molar-refractivity contribution in [1.82, 2.24) is 14.8 Å². The number of hydrogen-bond donors (Lipinski definition) is 1. The molecule has 2 heterocycles. The number of thioether (sulfide) groups is 1. The van der Waals surface area contributed by atoms with Crippen molar-refractivity contribution in [2.75, 3.05) is 16.8 Å². The first kappa shape index (κ1) is 18.2. The number of carbonyl (C=O) groups is 2. The van der Waals surface area contributed by atoms with Crippen LogP contribution < -0.4 is 10.2 Å². The molecule has 0 saturated carbocycles. The van der Waals surface area contributed by atoms with Crippen molar-refractivity contribution in [3.63, 3.8) is 0 Å². The van der Waals surface area contributed by atoms with Crippen LogP contribution in [0.1, 0.15) is 6.92 Å². The predicted octanol–water partition coefficient (Wildman–Crippen LogP) is 2.95. The fourth-order valence-electron chi connectivity index (χ4n) is 3.11. The van der Waals surface area contributed by atoms with Gasteiger partial charge in [0, 0.05) is 12.6 Å². The van der Waals surface area contributed by atoms with Crippen LogP contribution >= 0.6 is 11.8 Å². The number of aromatic nitrogens is 3. The van der Waals surface area contributed by atoms with Crippen LogP contribution in [0.4, 0.5) is 11.4 Å². The van der Waals surface area contributed by atoms with Crippen molar-refractivity contribution in [1.29, 1.82) is 0 Å². The summed E-state index contributed by atoms with van der Waals surface area (Å²) in [5.41, 5.74) is 2.32. The van der Waals surface area contributed by atoms with Gasteiger partial charge in [0.1, 0.15) is 6.54 Å². The first-order chi connectivity index (χ1) is 13.5. The minimum atomic E-state index is -0.425. The Morgan fingerprint density at radius 2 is 1.82 bits per heavy atom. The Hall–Kier alpha value is -3.13. The molecule has 2 amide bonds. The number of fused-ring (bicyclic) bond motifs is 1. The highest BCUT2D eigenvalue weighted by molar-refractivity contribution is 8.00. The summed E-state index contributed by atoms with van der Waals surface area (Å²) < 4.78 is 1.88. The Morgan fingerprint density at radius 1 is 1.11 bits per heavy atom. The number of amides is 2. The van der Waals surface area contributed by atoms with E-state index in [1.807, 2.05) is 67.1 Å². The van der Waals surface area contributed by atoms with E-state index < -0.39 is 5.25 Å². The SMILES string of the molecule is C[C@H](Sc1nnc(-c2ccccc2)n1C)C(=O)N1CC(=O)Nc2ccccc21. The fourth-order valence-corrected chi connectivity index (χ4v) is 3.99.